The maximum absolute atomic E-state index is 12.9. The van der Waals surface area contributed by atoms with Crippen molar-refractivity contribution in [1.29, 1.82) is 0 Å². The third-order valence-corrected chi connectivity index (χ3v) is 5.23. The number of aliphatic imine (C=N–C) groups is 1. The zero-order valence-corrected chi connectivity index (χ0v) is 17.1. The smallest absolute Gasteiger partial charge is 0.266 e. The molecule has 1 fully saturated rings. The van der Waals surface area contributed by atoms with Gasteiger partial charge in [-0.05, 0) is 61.9 Å². The summed E-state index contributed by atoms with van der Waals surface area (Å²) in [5.41, 5.74) is 2.27. The number of likely N-dealkylation sites (N-methyl/N-ethyl adjacent to an activating group) is 1. The number of phenols is 1. The van der Waals surface area contributed by atoms with E-state index in [1.54, 1.807) is 17.0 Å². The highest BCUT2D eigenvalue weighted by atomic mass is 32.2. The van der Waals surface area contributed by atoms with E-state index in [4.69, 9.17) is 4.74 Å². The molecule has 0 aromatic heterocycles. The van der Waals surface area contributed by atoms with Gasteiger partial charge in [0, 0.05) is 12.1 Å². The summed E-state index contributed by atoms with van der Waals surface area (Å²) in [5, 5.41) is 10.7. The van der Waals surface area contributed by atoms with Crippen LogP contribution in [0, 0.1) is 6.92 Å². The number of carbonyl (C=O) groups is 1. The first-order valence-electron chi connectivity index (χ1n) is 9.35. The Bertz CT molecular complexity index is 937. The number of amides is 1. The van der Waals surface area contributed by atoms with Crippen LogP contribution in [0.1, 0.15) is 31.4 Å². The third kappa shape index (κ3) is 4.39. The monoisotopic (exact) mass is 396 g/mol. The van der Waals surface area contributed by atoms with Crippen LogP contribution in [0.15, 0.2) is 52.4 Å². The van der Waals surface area contributed by atoms with Gasteiger partial charge in [0.2, 0.25) is 0 Å². The fraction of sp³-hybridized carbons (Fsp3) is 0.273. The van der Waals surface area contributed by atoms with E-state index in [-0.39, 0.29) is 11.7 Å². The predicted molar refractivity (Wildman–Crippen MR) is 115 cm³/mol. The molecule has 1 heterocycles. The zero-order valence-electron chi connectivity index (χ0n) is 16.3. The summed E-state index contributed by atoms with van der Waals surface area (Å²) in [6, 6.07) is 13.0. The van der Waals surface area contributed by atoms with Crippen molar-refractivity contribution >= 4 is 34.6 Å². The molecule has 0 saturated carbocycles. The lowest BCUT2D eigenvalue weighted by Gasteiger charge is -2.12. The van der Waals surface area contributed by atoms with E-state index in [0.29, 0.717) is 28.9 Å². The third-order valence-electron chi connectivity index (χ3n) is 4.22. The predicted octanol–water partition coefficient (Wildman–Crippen LogP) is 5.11. The molecule has 0 unspecified atom stereocenters. The SMILES string of the molecule is CCCOc1ccccc1/C=C1\SC(=Nc2ccc(C)cc2O)N(CC)C1=O. The first-order valence-corrected chi connectivity index (χ1v) is 10.2. The number of carbonyl (C=O) groups excluding carboxylic acids is 1. The van der Waals surface area contributed by atoms with Crippen LogP contribution in [0.3, 0.4) is 0 Å². The normalized spacial score (nSPS) is 17.0. The number of amidine groups is 1. The maximum atomic E-state index is 12.9. The number of rotatable bonds is 6. The maximum Gasteiger partial charge on any atom is 0.266 e. The van der Waals surface area contributed by atoms with Gasteiger partial charge in [0.25, 0.3) is 5.91 Å². The topological polar surface area (TPSA) is 62.1 Å². The highest BCUT2D eigenvalue weighted by Gasteiger charge is 2.32. The van der Waals surface area contributed by atoms with E-state index in [0.717, 1.165) is 23.3 Å². The summed E-state index contributed by atoms with van der Waals surface area (Å²) < 4.78 is 5.79. The number of benzene rings is 2. The fourth-order valence-corrected chi connectivity index (χ4v) is 3.83. The molecule has 2 aromatic rings. The van der Waals surface area contributed by atoms with Gasteiger partial charge in [0.05, 0.1) is 11.5 Å². The van der Waals surface area contributed by atoms with Crippen molar-refractivity contribution in [2.45, 2.75) is 27.2 Å². The van der Waals surface area contributed by atoms with Crippen molar-refractivity contribution < 1.29 is 14.6 Å². The summed E-state index contributed by atoms with van der Waals surface area (Å²) in [5.74, 6) is 0.769. The molecule has 0 aliphatic carbocycles. The van der Waals surface area contributed by atoms with Gasteiger partial charge in [-0.25, -0.2) is 4.99 Å². The first kappa shape index (κ1) is 20.0. The molecule has 0 atom stereocenters. The Labute approximate surface area is 169 Å². The number of phenolic OH excluding ortho intramolecular Hbond substituents is 1. The molecule has 5 nitrogen and oxygen atoms in total. The molecule has 6 heteroatoms. The molecule has 146 valence electrons. The number of nitrogens with zero attached hydrogens (tertiary/aromatic N) is 2. The zero-order chi connectivity index (χ0) is 20.1. The van der Waals surface area contributed by atoms with Crippen molar-refractivity contribution in [2.75, 3.05) is 13.2 Å². The molecule has 0 radical (unpaired) electrons. The van der Waals surface area contributed by atoms with E-state index in [1.165, 1.54) is 11.8 Å². The van der Waals surface area contributed by atoms with Gasteiger partial charge in [-0.15, -0.1) is 0 Å². The second-order valence-electron chi connectivity index (χ2n) is 6.43. The molecule has 1 aliphatic rings. The summed E-state index contributed by atoms with van der Waals surface area (Å²) in [4.78, 5) is 19.6. The molecule has 0 bridgehead atoms. The van der Waals surface area contributed by atoms with Crippen molar-refractivity contribution in [3.8, 4) is 11.5 Å². The van der Waals surface area contributed by atoms with Crippen LogP contribution >= 0.6 is 11.8 Å². The highest BCUT2D eigenvalue weighted by molar-refractivity contribution is 8.18. The molecular formula is C22H24N2O3S. The van der Waals surface area contributed by atoms with Gasteiger partial charge in [-0.1, -0.05) is 31.2 Å². The number of para-hydroxylation sites is 1. The van der Waals surface area contributed by atoms with E-state index < -0.39 is 0 Å². The lowest BCUT2D eigenvalue weighted by atomic mass is 10.2. The standard InChI is InChI=1S/C22H24N2O3S/c1-4-12-27-19-9-7-6-8-16(19)14-20-21(26)24(5-2)22(28-20)23-17-11-10-15(3)13-18(17)25/h6-11,13-14,25H,4-5,12H2,1-3H3/b20-14-,23-22?. The van der Waals surface area contributed by atoms with Crippen LogP contribution in [0.25, 0.3) is 6.08 Å². The summed E-state index contributed by atoms with van der Waals surface area (Å²) in [7, 11) is 0. The molecule has 1 aliphatic heterocycles. The summed E-state index contributed by atoms with van der Waals surface area (Å²) in [6.45, 7) is 7.00. The highest BCUT2D eigenvalue weighted by Crippen LogP contribution is 2.37. The van der Waals surface area contributed by atoms with Crippen molar-refractivity contribution in [2.24, 2.45) is 4.99 Å². The van der Waals surface area contributed by atoms with Gasteiger partial charge in [-0.2, -0.15) is 0 Å². The van der Waals surface area contributed by atoms with Crippen LogP contribution in [-0.4, -0.2) is 34.2 Å². The van der Waals surface area contributed by atoms with Crippen LogP contribution in [0.4, 0.5) is 5.69 Å². The number of thioether (sulfide) groups is 1. The molecule has 3 rings (SSSR count). The van der Waals surface area contributed by atoms with Crippen molar-refractivity contribution in [1.82, 2.24) is 4.90 Å². The number of hydrogen-bond acceptors (Lipinski definition) is 5. The minimum absolute atomic E-state index is 0.0943. The lowest BCUT2D eigenvalue weighted by Crippen LogP contribution is -2.28. The minimum atomic E-state index is -0.0943. The Morgan fingerprint density at radius 1 is 1.21 bits per heavy atom. The van der Waals surface area contributed by atoms with Crippen LogP contribution in [0.2, 0.25) is 0 Å². The largest absolute Gasteiger partial charge is 0.506 e. The van der Waals surface area contributed by atoms with Gasteiger partial charge in [-0.3, -0.25) is 9.69 Å². The second kappa shape index (κ2) is 8.97. The molecule has 0 spiro atoms. The Balaban J connectivity index is 1.94. The fourth-order valence-electron chi connectivity index (χ4n) is 2.79. The number of ether oxygens (including phenoxy) is 1. The first-order chi connectivity index (χ1) is 13.5. The van der Waals surface area contributed by atoms with Crippen LogP contribution in [-0.2, 0) is 4.79 Å². The van der Waals surface area contributed by atoms with Crippen molar-refractivity contribution in [3.05, 3.63) is 58.5 Å². The van der Waals surface area contributed by atoms with Gasteiger partial charge in [0.1, 0.15) is 17.2 Å². The molecule has 1 saturated heterocycles. The van der Waals surface area contributed by atoms with Crippen LogP contribution < -0.4 is 4.74 Å². The Kier molecular flexibility index (Phi) is 6.41. The molecule has 1 N–H and O–H groups in total. The average Bonchev–Trinajstić information content (AvgIpc) is 2.97. The van der Waals surface area contributed by atoms with Gasteiger partial charge < -0.3 is 9.84 Å². The Morgan fingerprint density at radius 2 is 2.00 bits per heavy atom. The number of aromatic hydroxyl groups is 1. The van der Waals surface area contributed by atoms with E-state index in [9.17, 15) is 9.90 Å². The average molecular weight is 397 g/mol. The molecule has 1 amide bonds. The van der Waals surface area contributed by atoms with E-state index in [2.05, 4.69) is 11.9 Å². The molecule has 28 heavy (non-hydrogen) atoms. The van der Waals surface area contributed by atoms with Gasteiger partial charge in [0.15, 0.2) is 5.17 Å². The second-order valence-corrected chi connectivity index (χ2v) is 7.44. The van der Waals surface area contributed by atoms with E-state index in [1.807, 2.05) is 50.3 Å². The molecule has 2 aromatic carbocycles. The Morgan fingerprint density at radius 3 is 2.71 bits per heavy atom. The van der Waals surface area contributed by atoms with E-state index >= 15 is 0 Å². The molecular weight excluding hydrogens is 372 g/mol. The van der Waals surface area contributed by atoms with Crippen LogP contribution in [0.5, 0.6) is 11.5 Å². The van der Waals surface area contributed by atoms with Gasteiger partial charge >= 0.3 is 0 Å². The lowest BCUT2D eigenvalue weighted by molar-refractivity contribution is -0.122. The Hall–Kier alpha value is -2.73. The number of aryl methyl sites for hydroxylation is 1. The number of hydrogen-bond donors (Lipinski definition) is 1. The quantitative estimate of drug-likeness (QED) is 0.689. The summed E-state index contributed by atoms with van der Waals surface area (Å²) >= 11 is 1.31. The minimum Gasteiger partial charge on any atom is -0.506 e. The summed E-state index contributed by atoms with van der Waals surface area (Å²) in [6.07, 6.45) is 2.76. The van der Waals surface area contributed by atoms with Crippen molar-refractivity contribution in [3.63, 3.8) is 0 Å².